The fraction of sp³-hybridized carbons (Fsp3) is 0.190. The van der Waals surface area contributed by atoms with Crippen LogP contribution in [0, 0.1) is 5.82 Å². The van der Waals surface area contributed by atoms with Crippen molar-refractivity contribution in [3.63, 3.8) is 0 Å². The number of hydrogen-bond donors (Lipinski definition) is 0. The van der Waals surface area contributed by atoms with Gasteiger partial charge in [0.1, 0.15) is 11.9 Å². The third-order valence-corrected chi connectivity index (χ3v) is 4.48. The summed E-state index contributed by atoms with van der Waals surface area (Å²) < 4.78 is 19.3. The minimum atomic E-state index is -0.368. The van der Waals surface area contributed by atoms with Crippen LogP contribution in [0.5, 0.6) is 0 Å². The van der Waals surface area contributed by atoms with Gasteiger partial charge in [-0.05, 0) is 24.3 Å². The van der Waals surface area contributed by atoms with E-state index in [2.05, 4.69) is 9.97 Å². The highest BCUT2D eigenvalue weighted by atomic mass is 19.1. The number of halogens is 1. The van der Waals surface area contributed by atoms with Gasteiger partial charge in [-0.2, -0.15) is 0 Å². The third-order valence-electron chi connectivity index (χ3n) is 4.48. The number of nitrogens with zero attached hydrogens (tertiary/aromatic N) is 3. The number of amides is 1. The molecule has 0 radical (unpaired) electrons. The zero-order chi connectivity index (χ0) is 18.6. The predicted octanol–water partition coefficient (Wildman–Crippen LogP) is 3.50. The van der Waals surface area contributed by atoms with Crippen molar-refractivity contribution in [1.82, 2.24) is 14.9 Å². The third kappa shape index (κ3) is 3.85. The van der Waals surface area contributed by atoms with Crippen molar-refractivity contribution in [3.8, 4) is 11.3 Å². The average Bonchev–Trinajstić information content (AvgIpc) is 2.74. The summed E-state index contributed by atoms with van der Waals surface area (Å²) in [6.45, 7) is 1.35. The molecule has 1 amide bonds. The average molecular weight is 363 g/mol. The molecule has 0 N–H and O–H groups in total. The van der Waals surface area contributed by atoms with Crippen LogP contribution in [0.15, 0.2) is 67.0 Å². The summed E-state index contributed by atoms with van der Waals surface area (Å²) in [7, 11) is 0. The highest BCUT2D eigenvalue weighted by molar-refractivity contribution is 5.94. The van der Waals surface area contributed by atoms with Crippen LogP contribution in [-0.4, -0.2) is 40.5 Å². The number of aromatic nitrogens is 2. The Kier molecular flexibility index (Phi) is 4.89. The molecule has 3 aromatic rings. The van der Waals surface area contributed by atoms with E-state index in [1.807, 2.05) is 18.2 Å². The Balaban J connectivity index is 1.55. The van der Waals surface area contributed by atoms with E-state index in [9.17, 15) is 9.18 Å². The summed E-state index contributed by atoms with van der Waals surface area (Å²) in [6, 6.07) is 15.4. The minimum absolute atomic E-state index is 0.0295. The van der Waals surface area contributed by atoms with Gasteiger partial charge in [0.2, 0.25) is 0 Å². The molecule has 0 bridgehead atoms. The van der Waals surface area contributed by atoms with Gasteiger partial charge in [-0.3, -0.25) is 9.78 Å². The van der Waals surface area contributed by atoms with Crippen LogP contribution in [-0.2, 0) is 4.74 Å². The Morgan fingerprint density at radius 3 is 2.78 bits per heavy atom. The van der Waals surface area contributed by atoms with E-state index in [-0.39, 0.29) is 17.8 Å². The molecule has 4 rings (SSSR count). The second-order valence-electron chi connectivity index (χ2n) is 6.32. The first-order valence-electron chi connectivity index (χ1n) is 8.74. The number of ether oxygens (including phenoxy) is 1. The largest absolute Gasteiger partial charge is 0.368 e. The van der Waals surface area contributed by atoms with Crippen LogP contribution in [0.1, 0.15) is 22.2 Å². The van der Waals surface area contributed by atoms with Crippen molar-refractivity contribution < 1.29 is 13.9 Å². The molecule has 6 heteroatoms. The number of carbonyl (C=O) groups is 1. The number of carbonyl (C=O) groups excluding carboxylic acids is 1. The van der Waals surface area contributed by atoms with Crippen LogP contribution in [0.3, 0.4) is 0 Å². The maximum absolute atomic E-state index is 13.5. The number of benzene rings is 2. The van der Waals surface area contributed by atoms with E-state index < -0.39 is 0 Å². The fourth-order valence-electron chi connectivity index (χ4n) is 3.10. The molecule has 0 spiro atoms. The second-order valence-corrected chi connectivity index (χ2v) is 6.32. The number of hydrogen-bond acceptors (Lipinski definition) is 4. The lowest BCUT2D eigenvalue weighted by Crippen LogP contribution is -2.42. The van der Waals surface area contributed by atoms with Crippen molar-refractivity contribution in [2.75, 3.05) is 19.7 Å². The van der Waals surface area contributed by atoms with Gasteiger partial charge in [0.15, 0.2) is 0 Å². The van der Waals surface area contributed by atoms with Gasteiger partial charge in [0.05, 0.1) is 36.9 Å². The monoisotopic (exact) mass is 363 g/mol. The highest BCUT2D eigenvalue weighted by Crippen LogP contribution is 2.24. The molecule has 1 aliphatic rings. The van der Waals surface area contributed by atoms with Gasteiger partial charge >= 0.3 is 0 Å². The molecule has 2 heterocycles. The maximum Gasteiger partial charge on any atom is 0.254 e. The first-order chi connectivity index (χ1) is 13.2. The van der Waals surface area contributed by atoms with Crippen LogP contribution >= 0.6 is 0 Å². The summed E-state index contributed by atoms with van der Waals surface area (Å²) in [5.41, 5.74) is 2.50. The first kappa shape index (κ1) is 17.3. The molecular weight excluding hydrogens is 345 g/mol. The van der Waals surface area contributed by atoms with E-state index in [1.165, 1.54) is 12.1 Å². The lowest BCUT2D eigenvalue weighted by molar-refractivity contribution is -0.0248. The smallest absolute Gasteiger partial charge is 0.254 e. The highest BCUT2D eigenvalue weighted by Gasteiger charge is 2.27. The zero-order valence-electron chi connectivity index (χ0n) is 14.6. The molecule has 1 unspecified atom stereocenters. The lowest BCUT2D eigenvalue weighted by Gasteiger charge is -2.32. The van der Waals surface area contributed by atoms with Crippen molar-refractivity contribution in [2.24, 2.45) is 0 Å². The van der Waals surface area contributed by atoms with Crippen molar-refractivity contribution in [3.05, 3.63) is 84.1 Å². The predicted molar refractivity (Wildman–Crippen MR) is 98.5 cm³/mol. The quantitative estimate of drug-likeness (QED) is 0.715. The van der Waals surface area contributed by atoms with Crippen LogP contribution in [0.25, 0.3) is 11.3 Å². The molecule has 136 valence electrons. The van der Waals surface area contributed by atoms with E-state index in [0.29, 0.717) is 42.2 Å². The molecule has 1 saturated heterocycles. The maximum atomic E-state index is 13.5. The van der Waals surface area contributed by atoms with Gasteiger partial charge in [-0.25, -0.2) is 9.37 Å². The number of rotatable bonds is 3. The van der Waals surface area contributed by atoms with E-state index in [4.69, 9.17) is 4.74 Å². The molecular formula is C21H18FN3O2. The van der Waals surface area contributed by atoms with Crippen molar-refractivity contribution in [1.29, 1.82) is 0 Å². The Bertz CT molecular complexity index is 949. The van der Waals surface area contributed by atoms with Gasteiger partial charge in [0.25, 0.3) is 5.91 Å². The topological polar surface area (TPSA) is 55.3 Å². The second kappa shape index (κ2) is 7.63. The minimum Gasteiger partial charge on any atom is -0.368 e. The van der Waals surface area contributed by atoms with Crippen LogP contribution in [0.4, 0.5) is 4.39 Å². The Labute approximate surface area is 156 Å². The van der Waals surface area contributed by atoms with Gasteiger partial charge in [-0.15, -0.1) is 0 Å². The normalized spacial score (nSPS) is 16.9. The Morgan fingerprint density at radius 1 is 1.11 bits per heavy atom. The summed E-state index contributed by atoms with van der Waals surface area (Å²) in [4.78, 5) is 23.3. The van der Waals surface area contributed by atoms with Crippen molar-refractivity contribution >= 4 is 5.91 Å². The Morgan fingerprint density at radius 2 is 1.96 bits per heavy atom. The molecule has 0 saturated carbocycles. The SMILES string of the molecule is O=C(c1ccccc1)N1CCOC(c2cncc(-c3cccc(F)c3)n2)C1. The Hall–Kier alpha value is -3.12. The standard InChI is InChI=1S/C21H18FN3O2/c22-17-8-4-7-16(11-17)18-12-23-13-19(24-18)20-14-25(9-10-27-20)21(26)15-5-2-1-3-6-15/h1-8,11-13,20H,9-10,14H2. The van der Waals surface area contributed by atoms with Gasteiger partial charge in [-0.1, -0.05) is 30.3 Å². The summed E-state index contributed by atoms with van der Waals surface area (Å²) in [5.74, 6) is -0.355. The molecule has 5 nitrogen and oxygen atoms in total. The van der Waals surface area contributed by atoms with Gasteiger partial charge in [0, 0.05) is 17.7 Å². The molecule has 1 fully saturated rings. The summed E-state index contributed by atoms with van der Waals surface area (Å²) in [5, 5.41) is 0. The lowest BCUT2D eigenvalue weighted by atomic mass is 10.1. The summed E-state index contributed by atoms with van der Waals surface area (Å²) >= 11 is 0. The fourth-order valence-corrected chi connectivity index (χ4v) is 3.10. The van der Waals surface area contributed by atoms with E-state index >= 15 is 0 Å². The molecule has 2 aromatic carbocycles. The molecule has 1 aromatic heterocycles. The zero-order valence-corrected chi connectivity index (χ0v) is 14.6. The first-order valence-corrected chi connectivity index (χ1v) is 8.74. The van der Waals surface area contributed by atoms with E-state index in [1.54, 1.807) is 41.6 Å². The molecule has 1 atom stereocenters. The van der Waals surface area contributed by atoms with Crippen LogP contribution < -0.4 is 0 Å². The molecule has 27 heavy (non-hydrogen) atoms. The van der Waals surface area contributed by atoms with Crippen LogP contribution in [0.2, 0.25) is 0 Å². The van der Waals surface area contributed by atoms with E-state index in [0.717, 1.165) is 0 Å². The molecule has 1 aliphatic heterocycles. The van der Waals surface area contributed by atoms with Crippen molar-refractivity contribution in [2.45, 2.75) is 6.10 Å². The van der Waals surface area contributed by atoms with Gasteiger partial charge < -0.3 is 9.64 Å². The number of morpholine rings is 1. The summed E-state index contributed by atoms with van der Waals surface area (Å²) in [6.07, 6.45) is 2.85. The molecule has 0 aliphatic carbocycles.